The average molecular weight is 284 g/mol. The minimum Gasteiger partial charge on any atom is -0.481 e. The highest BCUT2D eigenvalue weighted by molar-refractivity contribution is 5.94. The molecule has 0 aliphatic rings. The van der Waals surface area contributed by atoms with Crippen LogP contribution in [0.1, 0.15) is 12.0 Å². The first-order chi connectivity index (χ1) is 10.1. The quantitative estimate of drug-likeness (QED) is 0.788. The molecule has 0 aliphatic carbocycles. The molecule has 0 radical (unpaired) electrons. The zero-order chi connectivity index (χ0) is 15.2. The first-order valence-corrected chi connectivity index (χ1v) is 6.53. The smallest absolute Gasteiger partial charge is 0.316 e. The number of hydrogen-bond acceptors (Lipinski definition) is 2. The van der Waals surface area contributed by atoms with Crippen LogP contribution in [-0.2, 0) is 11.2 Å². The van der Waals surface area contributed by atoms with E-state index in [-0.39, 0.29) is 6.42 Å². The van der Waals surface area contributed by atoms with Crippen molar-refractivity contribution in [2.75, 3.05) is 5.32 Å². The van der Waals surface area contributed by atoms with Gasteiger partial charge in [0.1, 0.15) is 0 Å². The SMILES string of the molecule is NC(=O)Nc1ccccc1-c1ccccc1CCC(=O)O. The Labute approximate surface area is 122 Å². The summed E-state index contributed by atoms with van der Waals surface area (Å²) < 4.78 is 0. The molecule has 5 heteroatoms. The monoisotopic (exact) mass is 284 g/mol. The number of nitrogens with one attached hydrogen (secondary N) is 1. The van der Waals surface area contributed by atoms with Crippen molar-refractivity contribution < 1.29 is 14.7 Å². The van der Waals surface area contributed by atoms with Crippen LogP contribution in [-0.4, -0.2) is 17.1 Å². The Morgan fingerprint density at radius 1 is 1.00 bits per heavy atom. The van der Waals surface area contributed by atoms with Gasteiger partial charge in [-0.15, -0.1) is 0 Å². The Bertz CT molecular complexity index is 668. The Kier molecular flexibility index (Phi) is 4.56. The van der Waals surface area contributed by atoms with E-state index >= 15 is 0 Å². The summed E-state index contributed by atoms with van der Waals surface area (Å²) in [6, 6.07) is 14.2. The van der Waals surface area contributed by atoms with Gasteiger partial charge in [0.05, 0.1) is 5.69 Å². The second-order valence-corrected chi connectivity index (χ2v) is 4.59. The van der Waals surface area contributed by atoms with Crippen LogP contribution in [0.2, 0.25) is 0 Å². The molecule has 0 saturated heterocycles. The van der Waals surface area contributed by atoms with E-state index in [9.17, 15) is 9.59 Å². The van der Waals surface area contributed by atoms with Gasteiger partial charge in [0.25, 0.3) is 0 Å². The number of nitrogens with two attached hydrogens (primary N) is 1. The molecule has 21 heavy (non-hydrogen) atoms. The van der Waals surface area contributed by atoms with Crippen molar-refractivity contribution in [2.45, 2.75) is 12.8 Å². The molecule has 0 aliphatic heterocycles. The summed E-state index contributed by atoms with van der Waals surface area (Å²) >= 11 is 0. The van der Waals surface area contributed by atoms with Crippen molar-refractivity contribution >= 4 is 17.7 Å². The fraction of sp³-hybridized carbons (Fsp3) is 0.125. The van der Waals surface area contributed by atoms with Crippen LogP contribution in [0, 0.1) is 0 Å². The summed E-state index contributed by atoms with van der Waals surface area (Å²) in [6.45, 7) is 0. The molecule has 2 aromatic carbocycles. The van der Waals surface area contributed by atoms with E-state index in [1.54, 1.807) is 12.1 Å². The van der Waals surface area contributed by atoms with E-state index in [1.807, 2.05) is 36.4 Å². The number of anilines is 1. The third-order valence-electron chi connectivity index (χ3n) is 3.10. The van der Waals surface area contributed by atoms with E-state index < -0.39 is 12.0 Å². The lowest BCUT2D eigenvalue weighted by atomic mass is 9.95. The number of para-hydroxylation sites is 1. The largest absolute Gasteiger partial charge is 0.481 e. The van der Waals surface area contributed by atoms with Gasteiger partial charge in [-0.25, -0.2) is 4.79 Å². The lowest BCUT2D eigenvalue weighted by Crippen LogP contribution is -2.19. The highest BCUT2D eigenvalue weighted by Gasteiger charge is 2.11. The fourth-order valence-electron chi connectivity index (χ4n) is 2.20. The van der Waals surface area contributed by atoms with Crippen LogP contribution in [0.4, 0.5) is 10.5 Å². The van der Waals surface area contributed by atoms with E-state index in [0.29, 0.717) is 12.1 Å². The maximum absolute atomic E-state index is 11.1. The van der Waals surface area contributed by atoms with Gasteiger partial charge in [0, 0.05) is 12.0 Å². The third kappa shape index (κ3) is 3.82. The van der Waals surface area contributed by atoms with Gasteiger partial charge < -0.3 is 16.2 Å². The summed E-state index contributed by atoms with van der Waals surface area (Å²) in [5.41, 5.74) is 8.41. The molecule has 0 fully saturated rings. The second kappa shape index (κ2) is 6.56. The number of amides is 2. The number of hydrogen-bond donors (Lipinski definition) is 3. The molecule has 0 unspecified atom stereocenters. The molecule has 2 aromatic rings. The van der Waals surface area contributed by atoms with Gasteiger partial charge in [-0.2, -0.15) is 0 Å². The predicted molar refractivity (Wildman–Crippen MR) is 81.0 cm³/mol. The van der Waals surface area contributed by atoms with E-state index in [4.69, 9.17) is 10.8 Å². The predicted octanol–water partition coefficient (Wildman–Crippen LogP) is 2.86. The maximum Gasteiger partial charge on any atom is 0.316 e. The number of aliphatic carboxylic acids is 1. The van der Waals surface area contributed by atoms with Crippen LogP contribution < -0.4 is 11.1 Å². The van der Waals surface area contributed by atoms with Crippen molar-refractivity contribution in [1.29, 1.82) is 0 Å². The first kappa shape index (κ1) is 14.6. The Hall–Kier alpha value is -2.82. The summed E-state index contributed by atoms with van der Waals surface area (Å²) in [6.07, 6.45) is 0.485. The Morgan fingerprint density at radius 3 is 2.29 bits per heavy atom. The number of rotatable bonds is 5. The first-order valence-electron chi connectivity index (χ1n) is 6.53. The van der Waals surface area contributed by atoms with Gasteiger partial charge in [0.2, 0.25) is 0 Å². The van der Waals surface area contributed by atoms with Crippen LogP contribution in [0.25, 0.3) is 11.1 Å². The molecule has 108 valence electrons. The standard InChI is InChI=1S/C16H16N2O3/c17-16(21)18-14-8-4-3-7-13(14)12-6-2-1-5-11(12)9-10-15(19)20/h1-8H,9-10H2,(H,19,20)(H3,17,18,21). The van der Waals surface area contributed by atoms with Gasteiger partial charge in [0.15, 0.2) is 0 Å². The lowest BCUT2D eigenvalue weighted by molar-refractivity contribution is -0.136. The van der Waals surface area contributed by atoms with E-state index in [2.05, 4.69) is 5.32 Å². The van der Waals surface area contributed by atoms with Crippen LogP contribution in [0.5, 0.6) is 0 Å². The van der Waals surface area contributed by atoms with Crippen LogP contribution in [0.3, 0.4) is 0 Å². The molecule has 0 saturated carbocycles. The maximum atomic E-state index is 11.1. The summed E-state index contributed by atoms with van der Waals surface area (Å²) in [5, 5.41) is 11.4. The average Bonchev–Trinajstić information content (AvgIpc) is 2.45. The highest BCUT2D eigenvalue weighted by Crippen LogP contribution is 2.31. The van der Waals surface area contributed by atoms with Gasteiger partial charge in [-0.05, 0) is 23.6 Å². The van der Waals surface area contributed by atoms with Crippen molar-refractivity contribution in [3.8, 4) is 11.1 Å². The minimum absolute atomic E-state index is 0.0580. The molecule has 0 heterocycles. The third-order valence-corrected chi connectivity index (χ3v) is 3.10. The molecule has 0 aromatic heterocycles. The number of aryl methyl sites for hydroxylation is 1. The number of carboxylic acids is 1. The molecular weight excluding hydrogens is 268 g/mol. The van der Waals surface area contributed by atoms with Crippen LogP contribution in [0.15, 0.2) is 48.5 Å². The number of urea groups is 1. The topological polar surface area (TPSA) is 92.4 Å². The summed E-state index contributed by atoms with van der Waals surface area (Å²) in [7, 11) is 0. The summed E-state index contributed by atoms with van der Waals surface area (Å²) in [4.78, 5) is 21.8. The number of benzene rings is 2. The van der Waals surface area contributed by atoms with Crippen molar-refractivity contribution in [2.24, 2.45) is 5.73 Å². The van der Waals surface area contributed by atoms with E-state index in [0.717, 1.165) is 16.7 Å². The number of carbonyl (C=O) groups is 2. The Balaban J connectivity index is 2.42. The zero-order valence-corrected chi connectivity index (χ0v) is 11.4. The second-order valence-electron chi connectivity index (χ2n) is 4.59. The molecule has 2 amide bonds. The van der Waals surface area contributed by atoms with Gasteiger partial charge in [-0.1, -0.05) is 42.5 Å². The molecule has 0 bridgehead atoms. The highest BCUT2D eigenvalue weighted by atomic mass is 16.4. The van der Waals surface area contributed by atoms with Crippen molar-refractivity contribution in [3.05, 3.63) is 54.1 Å². The number of carboxylic acid groups (broad SMARTS) is 1. The Morgan fingerprint density at radius 2 is 1.62 bits per heavy atom. The molecule has 4 N–H and O–H groups in total. The summed E-state index contributed by atoms with van der Waals surface area (Å²) in [5.74, 6) is -0.839. The van der Waals surface area contributed by atoms with Crippen LogP contribution >= 0.6 is 0 Å². The number of carbonyl (C=O) groups excluding carboxylic acids is 1. The van der Waals surface area contributed by atoms with Gasteiger partial charge in [-0.3, -0.25) is 4.79 Å². The fourth-order valence-corrected chi connectivity index (χ4v) is 2.20. The zero-order valence-electron chi connectivity index (χ0n) is 11.4. The molecular formula is C16H16N2O3. The molecule has 2 rings (SSSR count). The number of primary amides is 1. The van der Waals surface area contributed by atoms with E-state index in [1.165, 1.54) is 0 Å². The molecule has 0 spiro atoms. The lowest BCUT2D eigenvalue weighted by Gasteiger charge is -2.13. The molecule has 5 nitrogen and oxygen atoms in total. The molecule has 0 atom stereocenters. The minimum atomic E-state index is -0.839. The van der Waals surface area contributed by atoms with Crippen molar-refractivity contribution in [3.63, 3.8) is 0 Å². The normalized spacial score (nSPS) is 10.1. The van der Waals surface area contributed by atoms with Crippen molar-refractivity contribution in [1.82, 2.24) is 0 Å². The van der Waals surface area contributed by atoms with Gasteiger partial charge >= 0.3 is 12.0 Å².